The fourth-order valence-electron chi connectivity index (χ4n) is 1.93. The Balaban J connectivity index is 1.83. The normalized spacial score (nSPS) is 10.9. The summed E-state index contributed by atoms with van der Waals surface area (Å²) >= 11 is 1.25. The van der Waals surface area contributed by atoms with Gasteiger partial charge in [-0.15, -0.1) is 10.2 Å². The van der Waals surface area contributed by atoms with Gasteiger partial charge in [-0.3, -0.25) is 4.79 Å². The average molecular weight is 333 g/mol. The van der Waals surface area contributed by atoms with Crippen LogP contribution in [0, 0.1) is 5.82 Å². The molecule has 0 radical (unpaired) electrons. The Kier molecular flexibility index (Phi) is 4.16. The van der Waals surface area contributed by atoms with E-state index in [9.17, 15) is 14.3 Å². The van der Waals surface area contributed by atoms with Crippen LogP contribution in [0.25, 0.3) is 22.9 Å². The van der Waals surface area contributed by atoms with Gasteiger partial charge < -0.3 is 14.5 Å². The van der Waals surface area contributed by atoms with Crippen LogP contribution >= 0.6 is 11.8 Å². The molecule has 0 spiro atoms. The number of hydrogen-bond acceptors (Lipinski definition) is 6. The Morgan fingerprint density at radius 2 is 2.09 bits per heavy atom. The lowest BCUT2D eigenvalue weighted by atomic mass is 10.1. The Morgan fingerprint density at radius 3 is 2.83 bits per heavy atom. The van der Waals surface area contributed by atoms with Gasteiger partial charge in [-0.05, 0) is 31.2 Å². The first-order valence-electron chi connectivity index (χ1n) is 6.66. The van der Waals surface area contributed by atoms with Gasteiger partial charge in [-0.25, -0.2) is 4.39 Å². The molecule has 0 saturated heterocycles. The summed E-state index contributed by atoms with van der Waals surface area (Å²) in [5.74, 6) is 0.832. The number of nitrogens with zero attached hydrogens (tertiary/aromatic N) is 2. The van der Waals surface area contributed by atoms with Crippen LogP contribution in [0.5, 0.6) is 5.75 Å². The van der Waals surface area contributed by atoms with Crippen LogP contribution in [0.3, 0.4) is 0 Å². The zero-order valence-corrected chi connectivity index (χ0v) is 12.9. The number of phenolic OH excluding ortho intramolecular Hbond substituents is 1. The number of ketones is 1. The van der Waals surface area contributed by atoms with Crippen LogP contribution in [0.15, 0.2) is 39.9 Å². The SMILES string of the molecule is CC(=O)CSc1nnc(-c2ccc(-c3cc(O)cc(F)c3)o2)[nH]1. The van der Waals surface area contributed by atoms with Crippen molar-refractivity contribution in [2.45, 2.75) is 12.1 Å². The second-order valence-electron chi connectivity index (χ2n) is 4.83. The first-order chi connectivity index (χ1) is 11.0. The first-order valence-corrected chi connectivity index (χ1v) is 7.65. The van der Waals surface area contributed by atoms with E-state index in [0.717, 1.165) is 6.07 Å². The van der Waals surface area contributed by atoms with Crippen molar-refractivity contribution in [2.75, 3.05) is 5.75 Å². The largest absolute Gasteiger partial charge is 0.508 e. The summed E-state index contributed by atoms with van der Waals surface area (Å²) in [4.78, 5) is 13.9. The second kappa shape index (κ2) is 6.25. The molecule has 0 aliphatic rings. The third-order valence-electron chi connectivity index (χ3n) is 2.88. The summed E-state index contributed by atoms with van der Waals surface area (Å²) in [5, 5.41) is 17.8. The number of phenols is 1. The van der Waals surface area contributed by atoms with Crippen LogP contribution in [0.4, 0.5) is 4.39 Å². The molecule has 2 heterocycles. The van der Waals surface area contributed by atoms with Crippen molar-refractivity contribution in [3.05, 3.63) is 36.1 Å². The van der Waals surface area contributed by atoms with Gasteiger partial charge in [-0.1, -0.05) is 11.8 Å². The van der Waals surface area contributed by atoms with Crippen molar-refractivity contribution in [3.8, 4) is 28.7 Å². The van der Waals surface area contributed by atoms with Crippen molar-refractivity contribution in [2.24, 2.45) is 0 Å². The number of benzene rings is 1. The molecular weight excluding hydrogens is 321 g/mol. The number of rotatable bonds is 5. The number of carbonyl (C=O) groups excluding carboxylic acids is 1. The topological polar surface area (TPSA) is 92.0 Å². The molecule has 0 aliphatic heterocycles. The third-order valence-corrected chi connectivity index (χ3v) is 3.89. The first kappa shape index (κ1) is 15.3. The minimum atomic E-state index is -0.555. The standard InChI is InChI=1S/C15H12FN3O3S/c1-8(20)7-23-15-17-14(18-19-15)13-3-2-12(22-13)9-4-10(16)6-11(21)5-9/h2-6,21H,7H2,1H3,(H,17,18,19). The van der Waals surface area contributed by atoms with E-state index >= 15 is 0 Å². The predicted molar refractivity (Wildman–Crippen MR) is 82.5 cm³/mol. The number of nitrogens with one attached hydrogen (secondary N) is 1. The molecular formula is C15H12FN3O3S. The van der Waals surface area contributed by atoms with Gasteiger partial charge >= 0.3 is 0 Å². The number of hydrogen-bond donors (Lipinski definition) is 2. The molecule has 0 saturated carbocycles. The smallest absolute Gasteiger partial charge is 0.197 e. The maximum atomic E-state index is 13.3. The van der Waals surface area contributed by atoms with E-state index < -0.39 is 5.82 Å². The van der Waals surface area contributed by atoms with Crippen LogP contribution in [0.1, 0.15) is 6.92 Å². The molecule has 3 rings (SSSR count). The highest BCUT2D eigenvalue weighted by atomic mass is 32.2. The van der Waals surface area contributed by atoms with E-state index in [0.29, 0.717) is 33.8 Å². The van der Waals surface area contributed by atoms with E-state index in [1.807, 2.05) is 0 Å². The zero-order valence-electron chi connectivity index (χ0n) is 12.0. The van der Waals surface area contributed by atoms with Gasteiger partial charge in [-0.2, -0.15) is 0 Å². The number of Topliss-reactive ketones (excluding diaryl/α,β-unsaturated/α-hetero) is 1. The monoisotopic (exact) mass is 333 g/mol. The number of furan rings is 1. The van der Waals surface area contributed by atoms with Crippen LogP contribution in [-0.4, -0.2) is 31.8 Å². The van der Waals surface area contributed by atoms with Gasteiger partial charge in [0.1, 0.15) is 23.1 Å². The molecule has 1 aromatic carbocycles. The summed E-state index contributed by atoms with van der Waals surface area (Å²) < 4.78 is 19.0. The Morgan fingerprint density at radius 1 is 1.30 bits per heavy atom. The maximum absolute atomic E-state index is 13.3. The summed E-state index contributed by atoms with van der Waals surface area (Å²) in [6, 6.07) is 6.99. The van der Waals surface area contributed by atoms with E-state index in [1.165, 1.54) is 30.8 Å². The summed E-state index contributed by atoms with van der Waals surface area (Å²) in [5.41, 5.74) is 0.416. The van der Waals surface area contributed by atoms with E-state index in [-0.39, 0.29) is 11.5 Å². The number of H-pyrrole nitrogens is 1. The Labute approximate surface area is 134 Å². The lowest BCUT2D eigenvalue weighted by molar-refractivity contribution is -0.114. The van der Waals surface area contributed by atoms with Crippen LogP contribution < -0.4 is 0 Å². The van der Waals surface area contributed by atoms with Gasteiger partial charge in [0.25, 0.3) is 0 Å². The molecule has 0 atom stereocenters. The minimum Gasteiger partial charge on any atom is -0.508 e. The lowest BCUT2D eigenvalue weighted by Crippen LogP contribution is -1.93. The third kappa shape index (κ3) is 3.59. The summed E-state index contributed by atoms with van der Waals surface area (Å²) in [7, 11) is 0. The van der Waals surface area contributed by atoms with E-state index in [4.69, 9.17) is 4.42 Å². The summed E-state index contributed by atoms with van der Waals surface area (Å²) in [6.07, 6.45) is 0. The van der Waals surface area contributed by atoms with E-state index in [1.54, 1.807) is 12.1 Å². The summed E-state index contributed by atoms with van der Waals surface area (Å²) in [6.45, 7) is 1.50. The van der Waals surface area contributed by atoms with Gasteiger partial charge in [0.05, 0.1) is 5.75 Å². The zero-order chi connectivity index (χ0) is 16.4. The second-order valence-corrected chi connectivity index (χ2v) is 5.80. The molecule has 8 heteroatoms. The van der Waals surface area contributed by atoms with Crippen molar-refractivity contribution in [1.29, 1.82) is 0 Å². The van der Waals surface area contributed by atoms with Gasteiger partial charge in [0.2, 0.25) is 0 Å². The number of thioether (sulfide) groups is 1. The number of aromatic nitrogens is 3. The lowest BCUT2D eigenvalue weighted by Gasteiger charge is -1.99. The number of aromatic hydroxyl groups is 1. The van der Waals surface area contributed by atoms with Crippen LogP contribution in [0.2, 0.25) is 0 Å². The highest BCUT2D eigenvalue weighted by molar-refractivity contribution is 7.99. The van der Waals surface area contributed by atoms with Gasteiger partial charge in [0, 0.05) is 11.6 Å². The van der Waals surface area contributed by atoms with E-state index in [2.05, 4.69) is 15.2 Å². The highest BCUT2D eigenvalue weighted by Crippen LogP contribution is 2.30. The fourth-order valence-corrected chi connectivity index (χ4v) is 2.54. The number of carbonyl (C=O) groups is 1. The number of aromatic amines is 1. The Bertz CT molecular complexity index is 839. The van der Waals surface area contributed by atoms with Crippen molar-refractivity contribution in [1.82, 2.24) is 15.2 Å². The van der Waals surface area contributed by atoms with Crippen molar-refractivity contribution >= 4 is 17.5 Å². The number of halogens is 1. The molecule has 2 N–H and O–H groups in total. The fraction of sp³-hybridized carbons (Fsp3) is 0.133. The maximum Gasteiger partial charge on any atom is 0.197 e. The minimum absolute atomic E-state index is 0.0409. The Hall–Kier alpha value is -2.61. The molecule has 2 aromatic heterocycles. The van der Waals surface area contributed by atoms with Crippen molar-refractivity contribution < 1.29 is 18.7 Å². The predicted octanol–water partition coefficient (Wildman–Crippen LogP) is 3.26. The molecule has 0 aliphatic carbocycles. The molecule has 0 amide bonds. The van der Waals surface area contributed by atoms with Gasteiger partial charge in [0.15, 0.2) is 16.7 Å². The molecule has 0 fully saturated rings. The molecule has 0 unspecified atom stereocenters. The molecule has 3 aromatic rings. The van der Waals surface area contributed by atoms with Crippen LogP contribution in [-0.2, 0) is 4.79 Å². The molecule has 23 heavy (non-hydrogen) atoms. The molecule has 0 bridgehead atoms. The highest BCUT2D eigenvalue weighted by Gasteiger charge is 2.13. The molecule has 118 valence electrons. The average Bonchev–Trinajstić information content (AvgIpc) is 3.13. The van der Waals surface area contributed by atoms with Crippen molar-refractivity contribution in [3.63, 3.8) is 0 Å². The quantitative estimate of drug-likeness (QED) is 0.696. The molecule has 6 nitrogen and oxygen atoms in total.